The van der Waals surface area contributed by atoms with Crippen LogP contribution in [0.15, 0.2) is 12.1 Å². The van der Waals surface area contributed by atoms with Crippen molar-refractivity contribution >= 4 is 40.7 Å². The second kappa shape index (κ2) is 13.4. The highest BCUT2D eigenvalue weighted by Gasteiger charge is 2.48. The molecule has 2 aromatic rings. The lowest BCUT2D eigenvalue weighted by molar-refractivity contribution is -0.163. The van der Waals surface area contributed by atoms with Gasteiger partial charge in [-0.3, -0.25) is 19.4 Å². The molecule has 1 unspecified atom stereocenters. The number of piperazine rings is 1. The summed E-state index contributed by atoms with van der Waals surface area (Å²) in [6, 6.07) is 2.51. The summed E-state index contributed by atoms with van der Waals surface area (Å²) in [5.41, 5.74) is 4.07. The van der Waals surface area contributed by atoms with Gasteiger partial charge >= 0.3 is 18.0 Å². The van der Waals surface area contributed by atoms with E-state index in [1.54, 1.807) is 13.8 Å². The zero-order valence-electron chi connectivity index (χ0n) is 25.0. The maximum absolute atomic E-state index is 14.8. The maximum atomic E-state index is 14.8. The predicted molar refractivity (Wildman–Crippen MR) is 154 cm³/mol. The second-order valence-corrected chi connectivity index (χ2v) is 10.8. The number of benzene rings is 1. The number of hydrogen-bond donors (Lipinski definition) is 2. The molecule has 2 heterocycles. The Labute approximate surface area is 253 Å². The van der Waals surface area contributed by atoms with E-state index in [-0.39, 0.29) is 98.5 Å². The first-order valence-electron chi connectivity index (χ1n) is 14.6. The van der Waals surface area contributed by atoms with Gasteiger partial charge in [0.05, 0.1) is 30.3 Å². The summed E-state index contributed by atoms with van der Waals surface area (Å²) in [7, 11) is 0. The van der Waals surface area contributed by atoms with Crippen molar-refractivity contribution in [2.75, 3.05) is 39.4 Å². The average molecular weight is 617 g/mol. The summed E-state index contributed by atoms with van der Waals surface area (Å²) in [5.74, 6) is -5.52. The van der Waals surface area contributed by atoms with Crippen LogP contribution in [0.4, 0.5) is 9.18 Å². The summed E-state index contributed by atoms with van der Waals surface area (Å²) < 4.78 is 31.0. The molecule has 1 atom stereocenters. The van der Waals surface area contributed by atoms with E-state index in [1.807, 2.05) is 0 Å². The number of carbonyl (C=O) groups excluding carboxylic acids is 4. The van der Waals surface area contributed by atoms with Crippen LogP contribution in [0.5, 0.6) is 5.75 Å². The third-order valence-electron chi connectivity index (χ3n) is 8.03. The van der Waals surface area contributed by atoms with Crippen LogP contribution in [0.3, 0.4) is 0 Å². The lowest BCUT2D eigenvalue weighted by atomic mass is 9.80. The molecule has 1 aromatic heterocycles. The van der Waals surface area contributed by atoms with E-state index >= 15 is 0 Å². The number of aryl methyl sites for hydroxylation is 1. The molecule has 2 fully saturated rings. The number of hydrogen-bond acceptors (Lipinski definition) is 9. The number of ether oxygens (including phenoxy) is 3. The molecule has 0 spiro atoms. The number of nitrogens with zero attached hydrogens (tertiary/aromatic N) is 3. The number of rotatable bonds is 11. The summed E-state index contributed by atoms with van der Waals surface area (Å²) in [4.78, 5) is 71.7. The fraction of sp³-hybridized carbons (Fsp3) is 0.533. The minimum atomic E-state index is -1.68. The van der Waals surface area contributed by atoms with Crippen LogP contribution in [0, 0.1) is 12.7 Å². The van der Waals surface area contributed by atoms with E-state index in [0.717, 1.165) is 6.07 Å². The minimum absolute atomic E-state index is 0.0258. The lowest BCUT2D eigenvalue weighted by Crippen LogP contribution is -2.52. The van der Waals surface area contributed by atoms with E-state index in [4.69, 9.17) is 19.9 Å². The zero-order valence-corrected chi connectivity index (χ0v) is 25.0. The van der Waals surface area contributed by atoms with Crippen molar-refractivity contribution in [2.24, 2.45) is 5.73 Å². The number of primary amides is 1. The molecule has 1 saturated heterocycles. The Bertz CT molecular complexity index is 1470. The van der Waals surface area contributed by atoms with Gasteiger partial charge in [0.15, 0.2) is 0 Å². The molecule has 0 radical (unpaired) electrons. The summed E-state index contributed by atoms with van der Waals surface area (Å²) >= 11 is 0. The van der Waals surface area contributed by atoms with Gasteiger partial charge in [-0.1, -0.05) is 0 Å². The molecule has 0 bridgehead atoms. The Balaban J connectivity index is 1.84. The number of aliphatic carboxylic acids is 1. The molecule has 1 aliphatic carbocycles. The normalized spacial score (nSPS) is 16.5. The van der Waals surface area contributed by atoms with E-state index in [9.17, 15) is 33.5 Å². The summed E-state index contributed by atoms with van der Waals surface area (Å²) in [6.07, 6.45) is 0.00731. The second-order valence-electron chi connectivity index (χ2n) is 10.8. The number of amides is 3. The predicted octanol–water partition coefficient (Wildman–Crippen LogP) is 2.89. The van der Waals surface area contributed by atoms with E-state index < -0.39 is 47.2 Å². The highest BCUT2D eigenvalue weighted by atomic mass is 19.1. The number of halogens is 1. The number of carboxylic acid groups (broad SMARTS) is 1. The molecule has 238 valence electrons. The largest absolute Gasteiger partial charge is 0.478 e. The Morgan fingerprint density at radius 2 is 1.68 bits per heavy atom. The van der Waals surface area contributed by atoms with Crippen molar-refractivity contribution in [2.45, 2.75) is 64.4 Å². The van der Waals surface area contributed by atoms with E-state index in [0.29, 0.717) is 6.42 Å². The third kappa shape index (κ3) is 6.53. The Kier molecular flexibility index (Phi) is 9.90. The SMILES string of the molecule is CCOC(=O)CCC(C(=O)N1CCN(C(=O)OCC)CC1)c1nc2cc(C)c(F)cc2c(OC2(C(=O)O)CCC2)c1C(N)=O. The smallest absolute Gasteiger partial charge is 0.409 e. The first kappa shape index (κ1) is 32.4. The Hall–Kier alpha value is -4.49. The molecule has 44 heavy (non-hydrogen) atoms. The minimum Gasteiger partial charge on any atom is -0.478 e. The van der Waals surface area contributed by atoms with Crippen LogP contribution in [0.2, 0.25) is 0 Å². The molecule has 3 amide bonds. The Morgan fingerprint density at radius 1 is 1.05 bits per heavy atom. The summed E-state index contributed by atoms with van der Waals surface area (Å²) in [5, 5.41) is 10.0. The lowest BCUT2D eigenvalue weighted by Gasteiger charge is -2.39. The van der Waals surface area contributed by atoms with Crippen molar-refractivity contribution < 1.29 is 47.7 Å². The number of aromatic nitrogens is 1. The average Bonchev–Trinajstić information content (AvgIpc) is 2.95. The highest BCUT2D eigenvalue weighted by Crippen LogP contribution is 2.43. The van der Waals surface area contributed by atoms with Crippen LogP contribution < -0.4 is 10.5 Å². The first-order chi connectivity index (χ1) is 20.9. The molecule has 13 nitrogen and oxygen atoms in total. The van der Waals surface area contributed by atoms with Crippen molar-refractivity contribution in [3.8, 4) is 5.75 Å². The van der Waals surface area contributed by atoms with Gasteiger partial charge in [-0.05, 0) is 64.2 Å². The van der Waals surface area contributed by atoms with Crippen molar-refractivity contribution in [1.29, 1.82) is 0 Å². The highest BCUT2D eigenvalue weighted by molar-refractivity contribution is 6.05. The quantitative estimate of drug-likeness (QED) is 0.357. The monoisotopic (exact) mass is 616 g/mol. The number of fused-ring (bicyclic) bond motifs is 1. The molecule has 1 aromatic carbocycles. The third-order valence-corrected chi connectivity index (χ3v) is 8.03. The van der Waals surface area contributed by atoms with Crippen LogP contribution in [0.25, 0.3) is 10.9 Å². The van der Waals surface area contributed by atoms with Crippen molar-refractivity contribution in [1.82, 2.24) is 14.8 Å². The van der Waals surface area contributed by atoms with Gasteiger partial charge < -0.3 is 34.9 Å². The standard InChI is InChI=1S/C30H37FN4O9/c1-4-42-22(36)8-7-18(27(38)34-11-13-35(14-12-34)29(41)43-5-2)24-23(26(32)37)25(44-30(28(39)40)9-6-10-30)19-16-20(31)17(3)15-21(19)33-24/h15-16,18H,4-14H2,1-3H3,(H2,32,37)(H,39,40). The topological polar surface area (TPSA) is 179 Å². The molecule has 1 saturated carbocycles. The van der Waals surface area contributed by atoms with Gasteiger partial charge in [0.25, 0.3) is 5.91 Å². The van der Waals surface area contributed by atoms with Crippen LogP contribution >= 0.6 is 0 Å². The maximum Gasteiger partial charge on any atom is 0.409 e. The molecule has 1 aliphatic heterocycles. The van der Waals surface area contributed by atoms with Gasteiger partial charge in [0.2, 0.25) is 11.5 Å². The van der Waals surface area contributed by atoms with Gasteiger partial charge in [-0.25, -0.2) is 14.0 Å². The molecular weight excluding hydrogens is 579 g/mol. The van der Waals surface area contributed by atoms with E-state index in [1.165, 1.54) is 22.8 Å². The first-order valence-corrected chi connectivity index (χ1v) is 14.6. The number of nitrogens with two attached hydrogens (primary N) is 1. The van der Waals surface area contributed by atoms with Gasteiger partial charge in [-0.15, -0.1) is 0 Å². The van der Waals surface area contributed by atoms with Gasteiger partial charge in [0.1, 0.15) is 17.1 Å². The molecule has 4 rings (SSSR count). The van der Waals surface area contributed by atoms with Gasteiger partial charge in [-0.2, -0.15) is 0 Å². The summed E-state index contributed by atoms with van der Waals surface area (Å²) in [6.45, 7) is 5.83. The Morgan fingerprint density at radius 3 is 2.23 bits per heavy atom. The van der Waals surface area contributed by atoms with E-state index in [2.05, 4.69) is 4.98 Å². The van der Waals surface area contributed by atoms with Gasteiger partial charge in [0, 0.05) is 38.0 Å². The zero-order chi connectivity index (χ0) is 32.2. The number of pyridine rings is 1. The number of esters is 1. The number of carbonyl (C=O) groups is 5. The van der Waals surface area contributed by atoms with Crippen LogP contribution in [-0.4, -0.2) is 94.7 Å². The molecule has 14 heteroatoms. The van der Waals surface area contributed by atoms with Crippen LogP contribution in [-0.2, 0) is 23.9 Å². The molecule has 2 aliphatic rings. The number of carboxylic acids is 1. The fourth-order valence-corrected chi connectivity index (χ4v) is 5.44. The van der Waals surface area contributed by atoms with Crippen LogP contribution in [0.1, 0.15) is 73.5 Å². The molecular formula is C30H37FN4O9. The van der Waals surface area contributed by atoms with Crippen molar-refractivity contribution in [3.63, 3.8) is 0 Å². The fourth-order valence-electron chi connectivity index (χ4n) is 5.44. The molecule has 3 N–H and O–H groups in total. The van der Waals surface area contributed by atoms with Crippen molar-refractivity contribution in [3.05, 3.63) is 34.8 Å².